The van der Waals surface area contributed by atoms with E-state index >= 15 is 0 Å². The highest BCUT2D eigenvalue weighted by molar-refractivity contribution is 9.10. The van der Waals surface area contributed by atoms with E-state index in [-0.39, 0.29) is 5.91 Å². The van der Waals surface area contributed by atoms with Gasteiger partial charge < -0.3 is 4.90 Å². The van der Waals surface area contributed by atoms with E-state index in [0.29, 0.717) is 12.1 Å². The fourth-order valence-corrected chi connectivity index (χ4v) is 2.29. The van der Waals surface area contributed by atoms with Crippen molar-refractivity contribution in [2.75, 3.05) is 7.05 Å². The van der Waals surface area contributed by atoms with Crippen LogP contribution in [-0.2, 0) is 6.54 Å². The molecule has 0 saturated heterocycles. The zero-order valence-electron chi connectivity index (χ0n) is 9.13. The average molecular weight is 312 g/mol. The first kappa shape index (κ1) is 12.2. The first-order valence-corrected chi connectivity index (χ1v) is 6.63. The molecule has 0 bridgehead atoms. The average Bonchev–Trinajstić information content (AvgIpc) is 2.80. The van der Waals surface area contributed by atoms with E-state index in [4.69, 9.17) is 0 Å². The molecule has 2 aromatic heterocycles. The van der Waals surface area contributed by atoms with E-state index in [0.717, 1.165) is 10.2 Å². The standard InChI is InChI=1S/C11H10BrN3OS/c1-15(5-10-6-17-7-14-10)11(16)8-2-9(12)4-13-3-8/h2-4,6-7H,5H2,1H3. The Balaban J connectivity index is 2.09. The third kappa shape index (κ3) is 3.10. The highest BCUT2D eigenvalue weighted by Crippen LogP contribution is 2.12. The second-order valence-electron chi connectivity index (χ2n) is 3.53. The number of hydrogen-bond acceptors (Lipinski definition) is 4. The predicted molar refractivity (Wildman–Crippen MR) is 69.8 cm³/mol. The van der Waals surface area contributed by atoms with Crippen LogP contribution < -0.4 is 0 Å². The molecule has 0 unspecified atom stereocenters. The Morgan fingerprint density at radius 2 is 2.35 bits per heavy atom. The number of amides is 1. The lowest BCUT2D eigenvalue weighted by Gasteiger charge is -2.15. The van der Waals surface area contributed by atoms with Crippen LogP contribution in [0.3, 0.4) is 0 Å². The molecule has 1 amide bonds. The van der Waals surface area contributed by atoms with Gasteiger partial charge in [0.1, 0.15) is 0 Å². The first-order valence-electron chi connectivity index (χ1n) is 4.90. The molecule has 0 aromatic carbocycles. The molecule has 17 heavy (non-hydrogen) atoms. The summed E-state index contributed by atoms with van der Waals surface area (Å²) in [6, 6.07) is 1.76. The summed E-state index contributed by atoms with van der Waals surface area (Å²) in [7, 11) is 1.75. The lowest BCUT2D eigenvalue weighted by Crippen LogP contribution is -2.26. The molecule has 0 saturated carbocycles. The van der Waals surface area contributed by atoms with Gasteiger partial charge in [-0.1, -0.05) is 0 Å². The molecule has 4 nitrogen and oxygen atoms in total. The lowest BCUT2D eigenvalue weighted by atomic mass is 10.2. The van der Waals surface area contributed by atoms with Crippen molar-refractivity contribution in [3.63, 3.8) is 0 Å². The summed E-state index contributed by atoms with van der Waals surface area (Å²) < 4.78 is 0.797. The van der Waals surface area contributed by atoms with Gasteiger partial charge in [0.05, 0.1) is 23.3 Å². The SMILES string of the molecule is CN(Cc1cscn1)C(=O)c1cncc(Br)c1. The number of halogens is 1. The summed E-state index contributed by atoms with van der Waals surface area (Å²) in [6.07, 6.45) is 3.21. The maximum absolute atomic E-state index is 12.1. The van der Waals surface area contributed by atoms with E-state index in [1.54, 1.807) is 35.9 Å². The first-order chi connectivity index (χ1) is 8.16. The summed E-state index contributed by atoms with van der Waals surface area (Å²) in [6.45, 7) is 0.509. The molecule has 2 heterocycles. The Morgan fingerprint density at radius 3 is 3.00 bits per heavy atom. The predicted octanol–water partition coefficient (Wildman–Crippen LogP) is 2.57. The van der Waals surface area contributed by atoms with Gasteiger partial charge in [0, 0.05) is 29.3 Å². The number of pyridine rings is 1. The van der Waals surface area contributed by atoms with Gasteiger partial charge in [-0.15, -0.1) is 11.3 Å². The van der Waals surface area contributed by atoms with E-state index in [9.17, 15) is 4.79 Å². The monoisotopic (exact) mass is 311 g/mol. The van der Waals surface area contributed by atoms with Crippen LogP contribution in [0.5, 0.6) is 0 Å². The maximum Gasteiger partial charge on any atom is 0.255 e. The summed E-state index contributed by atoms with van der Waals surface area (Å²) in [5.74, 6) is -0.0631. The summed E-state index contributed by atoms with van der Waals surface area (Å²) in [5, 5.41) is 1.93. The largest absolute Gasteiger partial charge is 0.336 e. The van der Waals surface area contributed by atoms with Crippen molar-refractivity contribution >= 4 is 33.2 Å². The van der Waals surface area contributed by atoms with Crippen LogP contribution in [0.25, 0.3) is 0 Å². The van der Waals surface area contributed by atoms with Gasteiger partial charge in [0.15, 0.2) is 0 Å². The molecular formula is C11H10BrN3OS. The number of hydrogen-bond donors (Lipinski definition) is 0. The van der Waals surface area contributed by atoms with Crippen LogP contribution in [0.4, 0.5) is 0 Å². The van der Waals surface area contributed by atoms with Crippen molar-refractivity contribution in [1.29, 1.82) is 0 Å². The number of carbonyl (C=O) groups excluding carboxylic acids is 1. The minimum Gasteiger partial charge on any atom is -0.336 e. The molecule has 0 fully saturated rings. The quantitative estimate of drug-likeness (QED) is 0.875. The molecule has 0 aliphatic heterocycles. The molecule has 0 radical (unpaired) electrons. The van der Waals surface area contributed by atoms with Crippen LogP contribution in [-0.4, -0.2) is 27.8 Å². The third-order valence-corrected chi connectivity index (χ3v) is 3.25. The Bertz CT molecular complexity index is 515. The van der Waals surface area contributed by atoms with Gasteiger partial charge in [0.2, 0.25) is 0 Å². The highest BCUT2D eigenvalue weighted by atomic mass is 79.9. The van der Waals surface area contributed by atoms with Crippen LogP contribution in [0.2, 0.25) is 0 Å². The summed E-state index contributed by atoms with van der Waals surface area (Å²) >= 11 is 4.82. The topological polar surface area (TPSA) is 46.1 Å². The Labute approximate surface area is 111 Å². The van der Waals surface area contributed by atoms with Crippen molar-refractivity contribution in [3.05, 3.63) is 45.1 Å². The van der Waals surface area contributed by atoms with Crippen LogP contribution in [0, 0.1) is 0 Å². The van der Waals surface area contributed by atoms with Gasteiger partial charge in [-0.3, -0.25) is 9.78 Å². The summed E-state index contributed by atoms with van der Waals surface area (Å²) in [5.41, 5.74) is 3.22. The normalized spacial score (nSPS) is 10.2. The molecule has 0 aliphatic rings. The van der Waals surface area contributed by atoms with E-state index in [1.165, 1.54) is 11.3 Å². The smallest absolute Gasteiger partial charge is 0.255 e. The molecule has 0 atom stereocenters. The molecule has 0 N–H and O–H groups in total. The van der Waals surface area contributed by atoms with Crippen molar-refractivity contribution < 1.29 is 4.79 Å². The summed E-state index contributed by atoms with van der Waals surface area (Å²) in [4.78, 5) is 21.8. The Morgan fingerprint density at radius 1 is 1.53 bits per heavy atom. The third-order valence-electron chi connectivity index (χ3n) is 2.18. The van der Waals surface area contributed by atoms with Gasteiger partial charge in [-0.05, 0) is 22.0 Å². The van der Waals surface area contributed by atoms with Gasteiger partial charge in [-0.25, -0.2) is 4.98 Å². The molecule has 0 aliphatic carbocycles. The zero-order valence-corrected chi connectivity index (χ0v) is 11.5. The van der Waals surface area contributed by atoms with Crippen LogP contribution >= 0.6 is 27.3 Å². The fraction of sp³-hybridized carbons (Fsp3) is 0.182. The van der Waals surface area contributed by atoms with Crippen molar-refractivity contribution in [3.8, 4) is 0 Å². The Hall–Kier alpha value is -1.27. The van der Waals surface area contributed by atoms with Gasteiger partial charge in [0.25, 0.3) is 5.91 Å². The van der Waals surface area contributed by atoms with Gasteiger partial charge >= 0.3 is 0 Å². The second-order valence-corrected chi connectivity index (χ2v) is 5.17. The number of rotatable bonds is 3. The molecule has 6 heteroatoms. The van der Waals surface area contributed by atoms with Crippen molar-refractivity contribution in [2.24, 2.45) is 0 Å². The fourth-order valence-electron chi connectivity index (χ4n) is 1.38. The number of nitrogens with zero attached hydrogens (tertiary/aromatic N) is 3. The van der Waals surface area contributed by atoms with E-state index < -0.39 is 0 Å². The minimum absolute atomic E-state index is 0.0631. The van der Waals surface area contributed by atoms with Crippen LogP contribution in [0.15, 0.2) is 33.8 Å². The molecule has 0 spiro atoms. The lowest BCUT2D eigenvalue weighted by molar-refractivity contribution is 0.0783. The highest BCUT2D eigenvalue weighted by Gasteiger charge is 2.13. The molecular weight excluding hydrogens is 302 g/mol. The zero-order chi connectivity index (χ0) is 12.3. The van der Waals surface area contributed by atoms with E-state index in [1.807, 2.05) is 5.38 Å². The second kappa shape index (κ2) is 5.37. The number of thiazole rings is 1. The number of carbonyl (C=O) groups is 1. The van der Waals surface area contributed by atoms with E-state index in [2.05, 4.69) is 25.9 Å². The van der Waals surface area contributed by atoms with Crippen LogP contribution in [0.1, 0.15) is 16.1 Å². The molecule has 2 aromatic rings. The maximum atomic E-state index is 12.1. The number of aromatic nitrogens is 2. The Kier molecular flexibility index (Phi) is 3.86. The minimum atomic E-state index is -0.0631. The van der Waals surface area contributed by atoms with Gasteiger partial charge in [-0.2, -0.15) is 0 Å². The molecule has 88 valence electrons. The van der Waals surface area contributed by atoms with Crippen molar-refractivity contribution in [1.82, 2.24) is 14.9 Å². The van der Waals surface area contributed by atoms with Crippen molar-refractivity contribution in [2.45, 2.75) is 6.54 Å². The molecule has 2 rings (SSSR count).